The molecule has 0 fully saturated rings. The van der Waals surface area contributed by atoms with Crippen molar-refractivity contribution in [2.75, 3.05) is 19.1 Å². The predicted molar refractivity (Wildman–Crippen MR) is 170 cm³/mol. The SMILES string of the molecule is COc1ccc(N(C)C(=O)[C@H](Cc2cc(F)cc(F)c2)NC(=O)c2cccc(-c3cn(-c4cnc5ccccc5c4)nn3)c2)cc1. The number of likely N-dealkylation sites (N-methyl/N-ethyl adjacent to an activating group) is 1. The van der Waals surface area contributed by atoms with Gasteiger partial charge in [-0.1, -0.05) is 35.5 Å². The number of benzene rings is 4. The zero-order chi connectivity index (χ0) is 32.2. The highest BCUT2D eigenvalue weighted by molar-refractivity contribution is 6.02. The van der Waals surface area contributed by atoms with Crippen molar-refractivity contribution in [2.45, 2.75) is 12.5 Å². The summed E-state index contributed by atoms with van der Waals surface area (Å²) in [6.07, 6.45) is 3.29. The second-order valence-corrected chi connectivity index (χ2v) is 10.6. The highest BCUT2D eigenvalue weighted by Crippen LogP contribution is 2.23. The first-order chi connectivity index (χ1) is 22.3. The van der Waals surface area contributed by atoms with Gasteiger partial charge in [0.1, 0.15) is 29.1 Å². The van der Waals surface area contributed by atoms with Gasteiger partial charge in [0, 0.05) is 41.7 Å². The van der Waals surface area contributed by atoms with Crippen molar-refractivity contribution in [3.63, 3.8) is 0 Å². The van der Waals surface area contributed by atoms with Crippen LogP contribution in [0.4, 0.5) is 14.5 Å². The fourth-order valence-electron chi connectivity index (χ4n) is 5.10. The van der Waals surface area contributed by atoms with Crippen LogP contribution in [0.2, 0.25) is 0 Å². The van der Waals surface area contributed by atoms with Crippen molar-refractivity contribution >= 4 is 28.4 Å². The summed E-state index contributed by atoms with van der Waals surface area (Å²) in [6, 6.07) is 25.1. The molecule has 46 heavy (non-hydrogen) atoms. The molecule has 6 aromatic rings. The third-order valence-electron chi connectivity index (χ3n) is 7.51. The van der Waals surface area contributed by atoms with Crippen LogP contribution in [0.25, 0.3) is 27.8 Å². The lowest BCUT2D eigenvalue weighted by atomic mass is 10.0. The molecule has 2 heterocycles. The number of hydrogen-bond donors (Lipinski definition) is 1. The van der Waals surface area contributed by atoms with E-state index in [2.05, 4.69) is 20.6 Å². The van der Waals surface area contributed by atoms with Gasteiger partial charge in [0.05, 0.1) is 30.7 Å². The summed E-state index contributed by atoms with van der Waals surface area (Å²) < 4.78 is 34.9. The fourth-order valence-corrected chi connectivity index (χ4v) is 5.10. The number of methoxy groups -OCH3 is 1. The van der Waals surface area contributed by atoms with E-state index in [1.807, 2.05) is 30.3 Å². The number of carbonyl (C=O) groups is 2. The van der Waals surface area contributed by atoms with Crippen LogP contribution in [0.1, 0.15) is 15.9 Å². The maximum Gasteiger partial charge on any atom is 0.251 e. The van der Waals surface area contributed by atoms with Crippen molar-refractivity contribution in [3.8, 4) is 22.7 Å². The van der Waals surface area contributed by atoms with Gasteiger partial charge in [0.25, 0.3) is 5.91 Å². The molecule has 230 valence electrons. The minimum atomic E-state index is -1.15. The average molecular weight is 619 g/mol. The summed E-state index contributed by atoms with van der Waals surface area (Å²) >= 11 is 0. The average Bonchev–Trinajstić information content (AvgIpc) is 3.57. The minimum Gasteiger partial charge on any atom is -0.497 e. The highest BCUT2D eigenvalue weighted by atomic mass is 19.1. The second kappa shape index (κ2) is 12.9. The van der Waals surface area contributed by atoms with E-state index in [9.17, 15) is 18.4 Å². The summed E-state index contributed by atoms with van der Waals surface area (Å²) in [5.41, 5.74) is 3.75. The summed E-state index contributed by atoms with van der Waals surface area (Å²) in [4.78, 5) is 33.1. The first kappa shape index (κ1) is 30.1. The summed E-state index contributed by atoms with van der Waals surface area (Å²) in [7, 11) is 3.09. The number of ether oxygens (including phenoxy) is 1. The Morgan fingerprint density at radius 3 is 2.46 bits per heavy atom. The van der Waals surface area contributed by atoms with Gasteiger partial charge in [-0.3, -0.25) is 14.6 Å². The molecule has 1 atom stereocenters. The Morgan fingerprint density at radius 2 is 1.70 bits per heavy atom. The van der Waals surface area contributed by atoms with E-state index in [1.54, 1.807) is 72.7 Å². The van der Waals surface area contributed by atoms with Gasteiger partial charge in [-0.2, -0.15) is 0 Å². The number of para-hydroxylation sites is 1. The molecule has 6 rings (SSSR count). The fraction of sp³-hybridized carbons (Fsp3) is 0.114. The predicted octanol–water partition coefficient (Wildman–Crippen LogP) is 5.77. The van der Waals surface area contributed by atoms with Crippen LogP contribution in [0.3, 0.4) is 0 Å². The van der Waals surface area contributed by atoms with E-state index in [4.69, 9.17) is 4.74 Å². The number of rotatable bonds is 9. The monoisotopic (exact) mass is 618 g/mol. The van der Waals surface area contributed by atoms with Gasteiger partial charge < -0.3 is 15.0 Å². The number of anilines is 1. The Balaban J connectivity index is 1.25. The molecule has 9 nitrogen and oxygen atoms in total. The van der Waals surface area contributed by atoms with E-state index in [1.165, 1.54) is 12.0 Å². The van der Waals surface area contributed by atoms with Gasteiger partial charge in [0.15, 0.2) is 0 Å². The third kappa shape index (κ3) is 6.58. The van der Waals surface area contributed by atoms with Gasteiger partial charge in [-0.25, -0.2) is 13.5 Å². The van der Waals surface area contributed by atoms with Crippen molar-refractivity contribution < 1.29 is 23.1 Å². The Kier molecular flexibility index (Phi) is 8.46. The Labute approximate surface area is 263 Å². The second-order valence-electron chi connectivity index (χ2n) is 10.6. The number of fused-ring (bicyclic) bond motifs is 1. The molecular formula is C35H28F2N6O3. The van der Waals surface area contributed by atoms with Crippen molar-refractivity contribution in [2.24, 2.45) is 0 Å². The molecule has 2 amide bonds. The highest BCUT2D eigenvalue weighted by Gasteiger charge is 2.26. The molecule has 0 saturated carbocycles. The Hall–Kier alpha value is -5.97. The van der Waals surface area contributed by atoms with E-state index in [0.717, 1.165) is 34.8 Å². The smallest absolute Gasteiger partial charge is 0.251 e. The molecule has 0 saturated heterocycles. The lowest BCUT2D eigenvalue weighted by Gasteiger charge is -2.25. The molecule has 4 aromatic carbocycles. The number of hydrogen-bond acceptors (Lipinski definition) is 6. The first-order valence-corrected chi connectivity index (χ1v) is 14.3. The van der Waals surface area contributed by atoms with Gasteiger partial charge >= 0.3 is 0 Å². The molecule has 2 aromatic heterocycles. The van der Waals surface area contributed by atoms with Crippen molar-refractivity contribution in [1.82, 2.24) is 25.3 Å². The lowest BCUT2D eigenvalue weighted by molar-refractivity contribution is -0.120. The minimum absolute atomic E-state index is 0.145. The maximum absolute atomic E-state index is 14.0. The van der Waals surface area contributed by atoms with E-state index >= 15 is 0 Å². The molecule has 0 aliphatic heterocycles. The van der Waals surface area contributed by atoms with Crippen LogP contribution < -0.4 is 15.0 Å². The molecule has 0 radical (unpaired) electrons. The largest absolute Gasteiger partial charge is 0.497 e. The van der Waals surface area contributed by atoms with Gasteiger partial charge in [0.2, 0.25) is 5.91 Å². The van der Waals surface area contributed by atoms with Crippen molar-refractivity contribution in [3.05, 3.63) is 132 Å². The van der Waals surface area contributed by atoms with Crippen LogP contribution in [0, 0.1) is 11.6 Å². The van der Waals surface area contributed by atoms with Crippen LogP contribution in [0.5, 0.6) is 5.75 Å². The first-order valence-electron chi connectivity index (χ1n) is 14.3. The van der Waals surface area contributed by atoms with Gasteiger partial charge in [-0.05, 0) is 66.2 Å². The van der Waals surface area contributed by atoms with Crippen LogP contribution in [-0.2, 0) is 11.2 Å². The van der Waals surface area contributed by atoms with Crippen molar-refractivity contribution in [1.29, 1.82) is 0 Å². The van der Waals surface area contributed by atoms with Crippen LogP contribution in [-0.4, -0.2) is 52.0 Å². The van der Waals surface area contributed by atoms with E-state index in [0.29, 0.717) is 22.7 Å². The lowest BCUT2D eigenvalue weighted by Crippen LogP contribution is -2.48. The van der Waals surface area contributed by atoms with E-state index < -0.39 is 29.5 Å². The molecule has 0 aliphatic rings. The number of nitrogens with one attached hydrogen (secondary N) is 1. The summed E-state index contributed by atoms with van der Waals surface area (Å²) in [5.74, 6) is -1.98. The molecule has 0 aliphatic carbocycles. The van der Waals surface area contributed by atoms with E-state index in [-0.39, 0.29) is 17.5 Å². The maximum atomic E-state index is 14.0. The number of aromatic nitrogens is 4. The Bertz CT molecular complexity index is 2030. The number of pyridine rings is 1. The standard InChI is InChI=1S/C35H28F2N6O3/c1-42(28-10-12-30(46-2)13-11-28)35(45)32(16-22-14-26(36)19-27(37)15-22)39-34(44)25-8-5-7-23(17-25)33-21-43(41-40-33)29-18-24-6-3-4-9-31(24)38-20-29/h3-15,17-21,32H,16H2,1-2H3,(H,39,44)/t32-/m0/s1. The number of amides is 2. The molecule has 0 spiro atoms. The molecule has 1 N–H and O–H groups in total. The molecule has 0 unspecified atom stereocenters. The van der Waals surface area contributed by atoms with Crippen LogP contribution in [0.15, 0.2) is 109 Å². The zero-order valence-electron chi connectivity index (χ0n) is 24.9. The molecule has 11 heteroatoms. The summed E-state index contributed by atoms with van der Waals surface area (Å²) in [5, 5.41) is 12.3. The number of nitrogens with zero attached hydrogens (tertiary/aromatic N) is 5. The quantitative estimate of drug-likeness (QED) is 0.221. The number of halogens is 2. The topological polar surface area (TPSA) is 102 Å². The number of carbonyl (C=O) groups excluding carboxylic acids is 2. The third-order valence-corrected chi connectivity index (χ3v) is 7.51. The zero-order valence-corrected chi connectivity index (χ0v) is 24.9. The normalized spacial score (nSPS) is 11.7. The summed E-state index contributed by atoms with van der Waals surface area (Å²) in [6.45, 7) is 0. The molecular weight excluding hydrogens is 590 g/mol. The Morgan fingerprint density at radius 1 is 0.935 bits per heavy atom. The van der Waals surface area contributed by atoms with Gasteiger partial charge in [-0.15, -0.1) is 5.10 Å². The van der Waals surface area contributed by atoms with Crippen LogP contribution >= 0.6 is 0 Å². The molecule has 0 bridgehead atoms.